The largest absolute Gasteiger partial charge is 0.332 e. The molecule has 0 bridgehead atoms. The maximum atomic E-state index is 11.7. The summed E-state index contributed by atoms with van der Waals surface area (Å²) in [5.41, 5.74) is 1.36. The van der Waals surface area contributed by atoms with Crippen molar-refractivity contribution in [3.8, 4) is 11.8 Å². The van der Waals surface area contributed by atoms with Gasteiger partial charge < -0.3 is 4.90 Å². The van der Waals surface area contributed by atoms with Crippen molar-refractivity contribution in [1.29, 1.82) is 0 Å². The summed E-state index contributed by atoms with van der Waals surface area (Å²) in [5, 5.41) is 0. The van der Waals surface area contributed by atoms with Crippen molar-refractivity contribution >= 4 is 5.91 Å². The molecule has 0 aromatic heterocycles. The van der Waals surface area contributed by atoms with Crippen LogP contribution in [0.2, 0.25) is 0 Å². The molecule has 1 amide bonds. The van der Waals surface area contributed by atoms with E-state index in [0.29, 0.717) is 0 Å². The van der Waals surface area contributed by atoms with E-state index in [-0.39, 0.29) is 5.91 Å². The topological polar surface area (TPSA) is 20.3 Å². The van der Waals surface area contributed by atoms with E-state index < -0.39 is 0 Å². The minimum absolute atomic E-state index is 0.00954. The van der Waals surface area contributed by atoms with Gasteiger partial charge in [0.25, 0.3) is 5.91 Å². The Kier molecular flexibility index (Phi) is 6.47. The Morgan fingerprint density at radius 2 is 2.00 bits per heavy atom. The first kappa shape index (κ1) is 13.8. The molecule has 0 radical (unpaired) electrons. The van der Waals surface area contributed by atoms with Gasteiger partial charge in [-0.1, -0.05) is 31.8 Å². The average Bonchev–Trinajstić information content (AvgIpc) is 2.87. The van der Waals surface area contributed by atoms with Crippen molar-refractivity contribution in [3.05, 3.63) is 11.6 Å². The van der Waals surface area contributed by atoms with Crippen LogP contribution >= 0.6 is 0 Å². The highest BCUT2D eigenvalue weighted by atomic mass is 16.2. The number of nitrogens with zero attached hydrogens (tertiary/aromatic N) is 1. The molecule has 0 aliphatic carbocycles. The number of carbonyl (C=O) groups is 1. The van der Waals surface area contributed by atoms with Crippen LogP contribution in [-0.2, 0) is 4.79 Å². The van der Waals surface area contributed by atoms with Crippen molar-refractivity contribution in [2.24, 2.45) is 0 Å². The first-order chi connectivity index (χ1) is 8.27. The number of amides is 1. The summed E-state index contributed by atoms with van der Waals surface area (Å²) in [4.78, 5) is 13.5. The number of unbranched alkanes of at least 4 members (excludes halogenated alkanes) is 1. The van der Waals surface area contributed by atoms with E-state index in [0.717, 1.165) is 38.8 Å². The lowest BCUT2D eigenvalue weighted by Gasteiger charge is -2.09. The Labute approximate surface area is 105 Å². The first-order valence-electron chi connectivity index (χ1n) is 6.76. The predicted octanol–water partition coefficient (Wildman–Crippen LogP) is 3.14. The van der Waals surface area contributed by atoms with Crippen LogP contribution in [0.25, 0.3) is 0 Å². The number of rotatable bonds is 4. The zero-order valence-corrected chi connectivity index (χ0v) is 11.1. The fraction of sp³-hybridized carbons (Fsp3) is 0.667. The Morgan fingerprint density at radius 3 is 2.59 bits per heavy atom. The molecule has 0 aromatic rings. The molecule has 17 heavy (non-hydrogen) atoms. The second kappa shape index (κ2) is 7.95. The summed E-state index contributed by atoms with van der Waals surface area (Å²) in [6.07, 6.45) is 8.74. The van der Waals surface area contributed by atoms with Crippen molar-refractivity contribution in [2.45, 2.75) is 52.4 Å². The summed E-state index contributed by atoms with van der Waals surface area (Å²) in [7, 11) is 0. The fourth-order valence-electron chi connectivity index (χ4n) is 1.95. The molecule has 2 nitrogen and oxygen atoms in total. The maximum Gasteiger partial charge on any atom is 0.298 e. The lowest BCUT2D eigenvalue weighted by molar-refractivity contribution is -0.124. The predicted molar refractivity (Wildman–Crippen MR) is 71.5 cm³/mol. The van der Waals surface area contributed by atoms with Crippen molar-refractivity contribution in [2.75, 3.05) is 13.1 Å². The molecule has 94 valence electrons. The quantitative estimate of drug-likeness (QED) is 0.683. The number of likely N-dealkylation sites (tertiary alicyclic amines) is 1. The number of hydrogen-bond acceptors (Lipinski definition) is 1. The van der Waals surface area contributed by atoms with E-state index in [2.05, 4.69) is 25.7 Å². The van der Waals surface area contributed by atoms with Gasteiger partial charge in [0.15, 0.2) is 0 Å². The van der Waals surface area contributed by atoms with Gasteiger partial charge in [-0.25, -0.2) is 0 Å². The van der Waals surface area contributed by atoms with E-state index >= 15 is 0 Å². The highest BCUT2D eigenvalue weighted by molar-refractivity contribution is 5.94. The molecule has 1 fully saturated rings. The van der Waals surface area contributed by atoms with Crippen molar-refractivity contribution in [3.63, 3.8) is 0 Å². The van der Waals surface area contributed by atoms with Crippen molar-refractivity contribution in [1.82, 2.24) is 4.90 Å². The highest BCUT2D eigenvalue weighted by Gasteiger charge is 2.15. The van der Waals surface area contributed by atoms with Crippen LogP contribution in [-0.4, -0.2) is 23.9 Å². The molecule has 0 atom stereocenters. The molecule has 0 saturated carbocycles. The monoisotopic (exact) mass is 233 g/mol. The van der Waals surface area contributed by atoms with Crippen LogP contribution in [0.3, 0.4) is 0 Å². The van der Waals surface area contributed by atoms with Crippen LogP contribution in [0, 0.1) is 11.8 Å². The van der Waals surface area contributed by atoms with E-state index in [4.69, 9.17) is 0 Å². The Balaban J connectivity index is 2.45. The summed E-state index contributed by atoms with van der Waals surface area (Å²) < 4.78 is 0. The smallest absolute Gasteiger partial charge is 0.298 e. The summed E-state index contributed by atoms with van der Waals surface area (Å²) in [6.45, 7) is 6.10. The molecule has 1 saturated heterocycles. The lowest BCUT2D eigenvalue weighted by atomic mass is 10.1. The molecule has 0 spiro atoms. The van der Waals surface area contributed by atoms with Gasteiger partial charge in [-0.2, -0.15) is 0 Å². The molecule has 1 heterocycles. The molecular weight excluding hydrogens is 210 g/mol. The van der Waals surface area contributed by atoms with Crippen LogP contribution in [0.15, 0.2) is 11.6 Å². The van der Waals surface area contributed by atoms with E-state index in [1.165, 1.54) is 18.4 Å². The van der Waals surface area contributed by atoms with Crippen LogP contribution in [0.4, 0.5) is 0 Å². The zero-order chi connectivity index (χ0) is 12.5. The minimum atomic E-state index is -0.00954. The normalized spacial score (nSPS) is 15.6. The third-order valence-electron chi connectivity index (χ3n) is 3.15. The second-order valence-corrected chi connectivity index (χ2v) is 4.53. The van der Waals surface area contributed by atoms with Crippen molar-refractivity contribution < 1.29 is 4.79 Å². The molecule has 1 aliphatic heterocycles. The van der Waals surface area contributed by atoms with E-state index in [1.54, 1.807) is 0 Å². The molecule has 0 unspecified atom stereocenters. The van der Waals surface area contributed by atoms with Gasteiger partial charge in [-0.15, -0.1) is 0 Å². The van der Waals surface area contributed by atoms with Gasteiger partial charge in [0, 0.05) is 13.1 Å². The Bertz CT molecular complexity index is 327. The number of hydrogen-bond donors (Lipinski definition) is 0. The zero-order valence-electron chi connectivity index (χ0n) is 11.1. The fourth-order valence-corrected chi connectivity index (χ4v) is 1.95. The highest BCUT2D eigenvalue weighted by Crippen LogP contribution is 2.10. The summed E-state index contributed by atoms with van der Waals surface area (Å²) in [5.74, 6) is 5.64. The average molecular weight is 233 g/mol. The second-order valence-electron chi connectivity index (χ2n) is 4.53. The number of allylic oxidation sites excluding steroid dienone is 2. The Morgan fingerprint density at radius 1 is 1.29 bits per heavy atom. The SMILES string of the molecule is CCCC/C(=C/C#CC(=O)N1CCCC1)CC. The van der Waals surface area contributed by atoms with Gasteiger partial charge in [-0.3, -0.25) is 4.79 Å². The summed E-state index contributed by atoms with van der Waals surface area (Å²) in [6, 6.07) is 0. The molecule has 1 rings (SSSR count). The van der Waals surface area contributed by atoms with Gasteiger partial charge in [0.05, 0.1) is 0 Å². The van der Waals surface area contributed by atoms with Crippen LogP contribution in [0.5, 0.6) is 0 Å². The third-order valence-corrected chi connectivity index (χ3v) is 3.15. The standard InChI is InChI=1S/C15H23NO/c1-3-5-9-14(4-2)10-8-11-15(17)16-12-6-7-13-16/h10H,3-7,9,12-13H2,1-2H3/b14-10+. The molecule has 2 heteroatoms. The maximum absolute atomic E-state index is 11.7. The van der Waals surface area contributed by atoms with Gasteiger partial charge in [0.1, 0.15) is 0 Å². The molecule has 1 aliphatic rings. The van der Waals surface area contributed by atoms with Gasteiger partial charge in [-0.05, 0) is 44.1 Å². The lowest BCUT2D eigenvalue weighted by Crippen LogP contribution is -2.25. The molecule has 0 aromatic carbocycles. The van der Waals surface area contributed by atoms with E-state index in [9.17, 15) is 4.79 Å². The first-order valence-corrected chi connectivity index (χ1v) is 6.76. The van der Waals surface area contributed by atoms with Crippen LogP contribution < -0.4 is 0 Å². The minimum Gasteiger partial charge on any atom is -0.332 e. The Hall–Kier alpha value is -1.23. The molecular formula is C15H23NO. The number of carbonyl (C=O) groups excluding carboxylic acids is 1. The van der Waals surface area contributed by atoms with E-state index in [1.807, 2.05) is 11.0 Å². The van der Waals surface area contributed by atoms with Gasteiger partial charge >= 0.3 is 0 Å². The third kappa shape index (κ3) is 5.08. The van der Waals surface area contributed by atoms with Crippen LogP contribution in [0.1, 0.15) is 52.4 Å². The molecule has 0 N–H and O–H groups in total. The summed E-state index contributed by atoms with van der Waals surface area (Å²) >= 11 is 0. The van der Waals surface area contributed by atoms with Gasteiger partial charge in [0.2, 0.25) is 0 Å².